The molecule has 1 aliphatic rings. The number of aliphatic hydroxyl groups is 1. The van der Waals surface area contributed by atoms with E-state index in [1.54, 1.807) is 29.8 Å². The molecule has 12 heteroatoms. The molecule has 3 atom stereocenters. The number of ether oxygens (including phenoxy) is 1. The molecule has 45 heavy (non-hydrogen) atoms. The Bertz CT molecular complexity index is 1450. The lowest BCUT2D eigenvalue weighted by atomic mass is 9.91. The van der Waals surface area contributed by atoms with E-state index in [-0.39, 0.29) is 43.7 Å². The van der Waals surface area contributed by atoms with E-state index in [9.17, 15) is 19.5 Å². The number of hydrogen-bond acceptors (Lipinski definition) is 9. The first-order chi connectivity index (χ1) is 21.5. The number of carbonyl (C=O) groups is 3. The molecule has 3 N–H and O–H groups in total. The monoisotopic (exact) mass is 640 g/mol. The number of aliphatic hydroxyl groups excluding tert-OH is 1. The minimum absolute atomic E-state index is 0.0703. The summed E-state index contributed by atoms with van der Waals surface area (Å²) in [7, 11) is 0. The SMILES string of the molecule is Cc1cc(C(C(=O)N2C[C@H](O)C[C@H]2C(=O)NCc2ccc(-c3scnc3C)cc2OCCCCCCCC(=O)O)C(C)C)on1. The summed E-state index contributed by atoms with van der Waals surface area (Å²) >= 11 is 1.55. The maximum atomic E-state index is 13.7. The van der Waals surface area contributed by atoms with Gasteiger partial charge in [0.15, 0.2) is 0 Å². The van der Waals surface area contributed by atoms with Gasteiger partial charge in [-0.1, -0.05) is 50.4 Å². The first kappa shape index (κ1) is 34.1. The highest BCUT2D eigenvalue weighted by molar-refractivity contribution is 7.13. The number of hydrogen-bond donors (Lipinski definition) is 3. The lowest BCUT2D eigenvalue weighted by molar-refractivity contribution is -0.141. The average molecular weight is 641 g/mol. The topological polar surface area (TPSA) is 155 Å². The number of rotatable bonds is 16. The number of likely N-dealkylation sites (tertiary alicyclic amines) is 1. The van der Waals surface area contributed by atoms with Crippen LogP contribution in [0.1, 0.15) is 87.4 Å². The van der Waals surface area contributed by atoms with Crippen LogP contribution in [0.5, 0.6) is 5.75 Å². The maximum absolute atomic E-state index is 13.7. The Labute approximate surface area is 268 Å². The zero-order chi connectivity index (χ0) is 32.5. The fourth-order valence-electron chi connectivity index (χ4n) is 5.70. The number of carbonyl (C=O) groups excluding carboxylic acids is 2. The molecule has 1 saturated heterocycles. The number of thiazole rings is 1. The van der Waals surface area contributed by atoms with Crippen molar-refractivity contribution in [1.82, 2.24) is 20.4 Å². The number of nitrogens with zero attached hydrogens (tertiary/aromatic N) is 3. The molecule has 0 radical (unpaired) electrons. The number of unbranched alkanes of at least 4 members (excludes halogenated alkanes) is 4. The smallest absolute Gasteiger partial charge is 0.303 e. The Balaban J connectivity index is 1.42. The van der Waals surface area contributed by atoms with E-state index < -0.39 is 24.0 Å². The van der Waals surface area contributed by atoms with Gasteiger partial charge in [0.25, 0.3) is 0 Å². The summed E-state index contributed by atoms with van der Waals surface area (Å²) in [4.78, 5) is 44.8. The van der Waals surface area contributed by atoms with Crippen LogP contribution >= 0.6 is 11.3 Å². The van der Waals surface area contributed by atoms with Crippen LogP contribution in [0.2, 0.25) is 0 Å². The van der Waals surface area contributed by atoms with Gasteiger partial charge in [-0.3, -0.25) is 14.4 Å². The molecule has 3 aromatic rings. The number of aliphatic carboxylic acids is 1. The second kappa shape index (κ2) is 16.0. The van der Waals surface area contributed by atoms with Crippen LogP contribution in [-0.4, -0.2) is 68.3 Å². The van der Waals surface area contributed by atoms with Crippen molar-refractivity contribution in [2.75, 3.05) is 13.2 Å². The van der Waals surface area contributed by atoms with Gasteiger partial charge in [-0.15, -0.1) is 11.3 Å². The predicted molar refractivity (Wildman–Crippen MR) is 170 cm³/mol. The molecule has 244 valence electrons. The van der Waals surface area contributed by atoms with Crippen LogP contribution in [0.25, 0.3) is 10.4 Å². The summed E-state index contributed by atoms with van der Waals surface area (Å²) in [5.41, 5.74) is 5.18. The molecule has 2 aromatic heterocycles. The van der Waals surface area contributed by atoms with E-state index in [1.165, 1.54) is 4.90 Å². The van der Waals surface area contributed by atoms with E-state index in [1.807, 2.05) is 39.0 Å². The lowest BCUT2D eigenvalue weighted by Gasteiger charge is -2.28. The van der Waals surface area contributed by atoms with Gasteiger partial charge >= 0.3 is 5.97 Å². The summed E-state index contributed by atoms with van der Waals surface area (Å²) in [6, 6.07) is 6.81. The van der Waals surface area contributed by atoms with Crippen LogP contribution in [-0.2, 0) is 20.9 Å². The van der Waals surface area contributed by atoms with E-state index in [2.05, 4.69) is 15.5 Å². The van der Waals surface area contributed by atoms with Gasteiger partial charge in [-0.2, -0.15) is 0 Å². The van der Waals surface area contributed by atoms with Crippen molar-refractivity contribution in [3.8, 4) is 16.2 Å². The van der Waals surface area contributed by atoms with Gasteiger partial charge in [0.2, 0.25) is 11.8 Å². The second-order valence-electron chi connectivity index (χ2n) is 12.1. The number of carboxylic acid groups (broad SMARTS) is 1. The van der Waals surface area contributed by atoms with Crippen LogP contribution in [0.4, 0.5) is 0 Å². The number of carboxylic acids is 1. The summed E-state index contributed by atoms with van der Waals surface area (Å²) in [6.07, 6.45) is 3.77. The van der Waals surface area contributed by atoms with Crippen LogP contribution in [0.15, 0.2) is 34.3 Å². The van der Waals surface area contributed by atoms with Crippen LogP contribution in [0, 0.1) is 19.8 Å². The first-order valence-electron chi connectivity index (χ1n) is 15.6. The largest absolute Gasteiger partial charge is 0.493 e. The molecule has 0 aliphatic carbocycles. The fraction of sp³-hybridized carbons (Fsp3) is 0.545. The predicted octanol–water partition coefficient (Wildman–Crippen LogP) is 5.24. The quantitative estimate of drug-likeness (QED) is 0.178. The summed E-state index contributed by atoms with van der Waals surface area (Å²) in [5, 5.41) is 26.2. The standard InChI is InChI=1S/C33H44N4O7S/c1-20(2)30(28-14-21(3)36-44-28)33(42)37-18-25(38)16-26(37)32(41)34-17-24-12-11-23(31-22(4)35-19-45-31)15-27(24)43-13-9-7-5-6-8-10-29(39)40/h11-12,14-15,19-20,25-26,30,38H,5-10,13,16-18H2,1-4H3,(H,34,41)(H,39,40)/t25-,26+,30?/m1/s1. The normalized spacial score (nSPS) is 17.1. The third kappa shape index (κ3) is 9.13. The Morgan fingerprint density at radius 3 is 2.56 bits per heavy atom. The minimum atomic E-state index is -0.817. The third-order valence-corrected chi connectivity index (χ3v) is 9.05. The Morgan fingerprint density at radius 2 is 1.89 bits per heavy atom. The highest BCUT2D eigenvalue weighted by Crippen LogP contribution is 2.33. The number of benzene rings is 1. The van der Waals surface area contributed by atoms with Crippen molar-refractivity contribution in [3.05, 3.63) is 52.5 Å². The van der Waals surface area contributed by atoms with Crippen molar-refractivity contribution in [2.45, 2.75) is 97.2 Å². The molecular formula is C33H44N4O7S. The summed E-state index contributed by atoms with van der Waals surface area (Å²) in [6.45, 7) is 8.33. The molecule has 2 amide bonds. The summed E-state index contributed by atoms with van der Waals surface area (Å²) in [5.74, 6) is -0.986. The van der Waals surface area contributed by atoms with Crippen molar-refractivity contribution < 1.29 is 33.9 Å². The van der Waals surface area contributed by atoms with Gasteiger partial charge < -0.3 is 29.7 Å². The number of amides is 2. The second-order valence-corrected chi connectivity index (χ2v) is 12.9. The Kier molecular flexibility index (Phi) is 12.1. The van der Waals surface area contributed by atoms with Gasteiger partial charge in [-0.05, 0) is 44.2 Å². The molecule has 0 saturated carbocycles. The molecule has 0 bridgehead atoms. The van der Waals surface area contributed by atoms with Crippen molar-refractivity contribution in [2.24, 2.45) is 5.92 Å². The molecule has 1 unspecified atom stereocenters. The van der Waals surface area contributed by atoms with Gasteiger partial charge in [-0.25, -0.2) is 4.98 Å². The Morgan fingerprint density at radius 1 is 1.13 bits per heavy atom. The fourth-order valence-corrected chi connectivity index (χ4v) is 6.50. The zero-order valence-corrected chi connectivity index (χ0v) is 27.3. The van der Waals surface area contributed by atoms with Crippen molar-refractivity contribution in [1.29, 1.82) is 0 Å². The zero-order valence-electron chi connectivity index (χ0n) is 26.5. The molecule has 0 spiro atoms. The molecule has 1 fully saturated rings. The molecular weight excluding hydrogens is 596 g/mol. The molecule has 1 aromatic carbocycles. The van der Waals surface area contributed by atoms with E-state index >= 15 is 0 Å². The van der Waals surface area contributed by atoms with Crippen molar-refractivity contribution >= 4 is 29.1 Å². The van der Waals surface area contributed by atoms with Gasteiger partial charge in [0.05, 0.1) is 34.5 Å². The number of nitrogens with one attached hydrogen (secondary N) is 1. The minimum Gasteiger partial charge on any atom is -0.493 e. The van der Waals surface area contributed by atoms with E-state index in [4.69, 9.17) is 14.4 Å². The highest BCUT2D eigenvalue weighted by Gasteiger charge is 2.43. The van der Waals surface area contributed by atoms with Crippen LogP contribution in [0.3, 0.4) is 0 Å². The summed E-state index contributed by atoms with van der Waals surface area (Å²) < 4.78 is 11.6. The highest BCUT2D eigenvalue weighted by atomic mass is 32.1. The molecule has 11 nitrogen and oxygen atoms in total. The number of β-amino-alcohol motifs (C(OH)–C–C–N with tert-alkyl or cyclic N) is 1. The average Bonchev–Trinajstić information content (AvgIpc) is 3.72. The molecule has 1 aliphatic heterocycles. The van der Waals surface area contributed by atoms with E-state index in [0.717, 1.165) is 47.4 Å². The van der Waals surface area contributed by atoms with Crippen LogP contribution < -0.4 is 10.1 Å². The number of aromatic nitrogens is 2. The first-order valence-corrected chi connectivity index (χ1v) is 16.5. The van der Waals surface area contributed by atoms with Gasteiger partial charge in [0, 0.05) is 37.6 Å². The maximum Gasteiger partial charge on any atom is 0.303 e. The Hall–Kier alpha value is -3.77. The third-order valence-electron chi connectivity index (χ3n) is 8.07. The van der Waals surface area contributed by atoms with Crippen molar-refractivity contribution in [3.63, 3.8) is 0 Å². The molecule has 4 rings (SSSR count). The van der Waals surface area contributed by atoms with Gasteiger partial charge in [0.1, 0.15) is 23.5 Å². The lowest BCUT2D eigenvalue weighted by Crippen LogP contribution is -2.48. The van der Waals surface area contributed by atoms with E-state index in [0.29, 0.717) is 30.2 Å². The number of aryl methyl sites for hydroxylation is 2. The molecule has 3 heterocycles.